The van der Waals surface area contributed by atoms with Gasteiger partial charge in [0.05, 0.1) is 11.9 Å². The van der Waals surface area contributed by atoms with Crippen LogP contribution in [0.5, 0.6) is 0 Å². The zero-order chi connectivity index (χ0) is 21.5. The molecule has 0 unspecified atom stereocenters. The Bertz CT molecular complexity index is 1370. The molecule has 2 aromatic heterocycles. The van der Waals surface area contributed by atoms with E-state index in [4.69, 9.17) is 4.98 Å². The van der Waals surface area contributed by atoms with Crippen molar-refractivity contribution >= 4 is 27.3 Å². The first-order chi connectivity index (χ1) is 15.0. The van der Waals surface area contributed by atoms with Crippen LogP contribution < -0.4 is 5.56 Å². The quantitative estimate of drug-likeness (QED) is 0.419. The molecule has 4 nitrogen and oxygen atoms in total. The smallest absolute Gasteiger partial charge is 0.262 e. The molecule has 4 aromatic rings. The topological polar surface area (TPSA) is 52.0 Å². The maximum absolute atomic E-state index is 13.6. The van der Waals surface area contributed by atoms with E-state index < -0.39 is 0 Å². The van der Waals surface area contributed by atoms with Gasteiger partial charge in [-0.1, -0.05) is 42.5 Å². The minimum atomic E-state index is -0.0764. The fourth-order valence-corrected chi connectivity index (χ4v) is 5.62. The minimum Gasteiger partial charge on any atom is -0.292 e. The molecule has 1 aliphatic rings. The van der Waals surface area contributed by atoms with Gasteiger partial charge in [0.2, 0.25) is 0 Å². The third-order valence-electron chi connectivity index (χ3n) is 6.24. The molecule has 0 saturated carbocycles. The van der Waals surface area contributed by atoms with Crippen molar-refractivity contribution in [1.29, 1.82) is 0 Å². The van der Waals surface area contributed by atoms with E-state index in [2.05, 4.69) is 0 Å². The summed E-state index contributed by atoms with van der Waals surface area (Å²) in [7, 11) is 0. The lowest BCUT2D eigenvalue weighted by molar-refractivity contribution is 0.0969. The van der Waals surface area contributed by atoms with Crippen molar-refractivity contribution in [3.63, 3.8) is 0 Å². The maximum atomic E-state index is 13.6. The Hall–Kier alpha value is -3.05. The SMILES string of the molecule is Cc1ccc(C(=O)Cn2c(Cc3ccccc3)nc3sc4c(c3c2=O)CCC4)cc1C. The summed E-state index contributed by atoms with van der Waals surface area (Å²) in [5.74, 6) is 0.591. The number of nitrogens with zero attached hydrogens (tertiary/aromatic N) is 2. The van der Waals surface area contributed by atoms with Gasteiger partial charge in [-0.25, -0.2) is 4.98 Å². The molecule has 5 heteroatoms. The van der Waals surface area contributed by atoms with Crippen LogP contribution in [0, 0.1) is 13.8 Å². The number of hydrogen-bond acceptors (Lipinski definition) is 4. The molecule has 0 spiro atoms. The van der Waals surface area contributed by atoms with Crippen molar-refractivity contribution in [2.24, 2.45) is 0 Å². The summed E-state index contributed by atoms with van der Waals surface area (Å²) in [5.41, 5.74) is 5.01. The second kappa shape index (κ2) is 7.89. The van der Waals surface area contributed by atoms with Crippen LogP contribution >= 0.6 is 11.3 Å². The number of carbonyl (C=O) groups is 1. The maximum Gasteiger partial charge on any atom is 0.262 e. The first-order valence-corrected chi connectivity index (χ1v) is 11.5. The molecule has 31 heavy (non-hydrogen) atoms. The zero-order valence-corrected chi connectivity index (χ0v) is 18.6. The van der Waals surface area contributed by atoms with Gasteiger partial charge in [0.15, 0.2) is 5.78 Å². The van der Waals surface area contributed by atoms with Crippen LogP contribution in [0.1, 0.15) is 49.7 Å². The van der Waals surface area contributed by atoms with Crippen molar-refractivity contribution in [3.8, 4) is 0 Å². The largest absolute Gasteiger partial charge is 0.292 e. The van der Waals surface area contributed by atoms with Crippen molar-refractivity contribution in [2.75, 3.05) is 0 Å². The Labute approximate surface area is 185 Å². The number of carbonyl (C=O) groups excluding carboxylic acids is 1. The number of aryl methyl sites for hydroxylation is 4. The van der Waals surface area contributed by atoms with Crippen molar-refractivity contribution in [1.82, 2.24) is 9.55 Å². The van der Waals surface area contributed by atoms with Crippen molar-refractivity contribution in [3.05, 3.63) is 97.4 Å². The van der Waals surface area contributed by atoms with Gasteiger partial charge in [0.25, 0.3) is 5.56 Å². The van der Waals surface area contributed by atoms with Gasteiger partial charge in [-0.15, -0.1) is 11.3 Å². The summed E-state index contributed by atoms with van der Waals surface area (Å²) in [6, 6.07) is 15.7. The normalized spacial score (nSPS) is 13.0. The van der Waals surface area contributed by atoms with E-state index in [0.717, 1.165) is 51.7 Å². The third kappa shape index (κ3) is 3.63. The molecule has 0 N–H and O–H groups in total. The number of aromatic nitrogens is 2. The predicted molar refractivity (Wildman–Crippen MR) is 125 cm³/mol. The molecular formula is C26H24N2O2S. The van der Waals surface area contributed by atoms with E-state index in [0.29, 0.717) is 17.8 Å². The zero-order valence-electron chi connectivity index (χ0n) is 17.8. The Kier molecular flexibility index (Phi) is 5.06. The molecule has 0 bridgehead atoms. The summed E-state index contributed by atoms with van der Waals surface area (Å²) in [6.07, 6.45) is 3.56. The highest BCUT2D eigenvalue weighted by molar-refractivity contribution is 7.18. The highest BCUT2D eigenvalue weighted by atomic mass is 32.1. The fraction of sp³-hybridized carbons (Fsp3) is 0.269. The lowest BCUT2D eigenvalue weighted by atomic mass is 10.0. The molecule has 0 radical (unpaired) electrons. The van der Waals surface area contributed by atoms with Crippen molar-refractivity contribution in [2.45, 2.75) is 46.1 Å². The van der Waals surface area contributed by atoms with Crippen molar-refractivity contribution < 1.29 is 4.79 Å². The molecule has 156 valence electrons. The first kappa shape index (κ1) is 19.9. The average Bonchev–Trinajstić information content (AvgIpc) is 3.34. The van der Waals surface area contributed by atoms with E-state index in [-0.39, 0.29) is 17.9 Å². The lowest BCUT2D eigenvalue weighted by Gasteiger charge is -2.13. The first-order valence-electron chi connectivity index (χ1n) is 10.7. The lowest BCUT2D eigenvalue weighted by Crippen LogP contribution is -2.29. The number of benzene rings is 2. The second-order valence-corrected chi connectivity index (χ2v) is 9.43. The number of ketones is 1. The van der Waals surface area contributed by atoms with Crippen LogP contribution in [-0.4, -0.2) is 15.3 Å². The number of rotatable bonds is 5. The van der Waals surface area contributed by atoms with Gasteiger partial charge in [0.1, 0.15) is 10.7 Å². The number of fused-ring (bicyclic) bond motifs is 3. The summed E-state index contributed by atoms with van der Waals surface area (Å²) < 4.78 is 1.61. The summed E-state index contributed by atoms with van der Waals surface area (Å²) >= 11 is 1.64. The average molecular weight is 429 g/mol. The molecule has 0 saturated heterocycles. The van der Waals surface area contributed by atoms with Crippen LogP contribution in [0.4, 0.5) is 0 Å². The number of Topliss-reactive ketones (excluding diaryl/α,β-unsaturated/α-hetero) is 1. The second-order valence-electron chi connectivity index (χ2n) is 8.34. The summed E-state index contributed by atoms with van der Waals surface area (Å²) in [6.45, 7) is 4.04. The van der Waals surface area contributed by atoms with E-state index in [1.165, 1.54) is 4.88 Å². The summed E-state index contributed by atoms with van der Waals surface area (Å²) in [4.78, 5) is 33.8. The van der Waals surface area contributed by atoms with E-state index in [1.54, 1.807) is 15.9 Å². The molecule has 0 atom stereocenters. The standard InChI is InChI=1S/C26H24N2O2S/c1-16-11-12-19(13-17(16)2)21(29)15-28-23(14-18-7-4-3-5-8-18)27-25-24(26(28)30)20-9-6-10-22(20)31-25/h3-5,7-8,11-13H,6,9-10,14-15H2,1-2H3. The number of hydrogen-bond donors (Lipinski definition) is 0. The molecular weight excluding hydrogens is 404 g/mol. The van der Waals surface area contributed by atoms with Crippen LogP contribution in [0.15, 0.2) is 53.3 Å². The Balaban J connectivity index is 1.62. The predicted octanol–water partition coefficient (Wildman–Crippen LogP) is 5.04. The third-order valence-corrected chi connectivity index (χ3v) is 7.43. The molecule has 0 amide bonds. The fourth-order valence-electron chi connectivity index (χ4n) is 4.35. The monoisotopic (exact) mass is 428 g/mol. The molecule has 0 fully saturated rings. The Morgan fingerprint density at radius 2 is 1.87 bits per heavy atom. The van der Waals surface area contributed by atoms with Crippen LogP contribution in [0.25, 0.3) is 10.2 Å². The highest BCUT2D eigenvalue weighted by Crippen LogP contribution is 2.35. The van der Waals surface area contributed by atoms with Crippen LogP contribution in [0.3, 0.4) is 0 Å². The van der Waals surface area contributed by atoms with Gasteiger partial charge < -0.3 is 0 Å². The van der Waals surface area contributed by atoms with Gasteiger partial charge in [-0.3, -0.25) is 14.2 Å². The molecule has 0 aliphatic heterocycles. The van der Waals surface area contributed by atoms with Gasteiger partial charge >= 0.3 is 0 Å². The summed E-state index contributed by atoms with van der Waals surface area (Å²) in [5, 5.41) is 0.724. The van der Waals surface area contributed by atoms with Gasteiger partial charge in [-0.05, 0) is 61.4 Å². The molecule has 1 aliphatic carbocycles. The van der Waals surface area contributed by atoms with E-state index in [9.17, 15) is 9.59 Å². The molecule has 2 aromatic carbocycles. The van der Waals surface area contributed by atoms with Crippen LogP contribution in [0.2, 0.25) is 0 Å². The highest BCUT2D eigenvalue weighted by Gasteiger charge is 2.24. The Morgan fingerprint density at radius 1 is 1.06 bits per heavy atom. The van der Waals surface area contributed by atoms with E-state index >= 15 is 0 Å². The van der Waals surface area contributed by atoms with Gasteiger partial charge in [-0.2, -0.15) is 0 Å². The molecule has 2 heterocycles. The minimum absolute atomic E-state index is 0.0110. The number of thiophene rings is 1. The Morgan fingerprint density at radius 3 is 2.65 bits per heavy atom. The molecule has 5 rings (SSSR count). The van der Waals surface area contributed by atoms with E-state index in [1.807, 2.05) is 62.4 Å². The van der Waals surface area contributed by atoms with Crippen LogP contribution in [-0.2, 0) is 25.8 Å². The van der Waals surface area contributed by atoms with Gasteiger partial charge in [0, 0.05) is 16.9 Å².